The summed E-state index contributed by atoms with van der Waals surface area (Å²) in [5, 5.41) is 18.0. The van der Waals surface area contributed by atoms with Crippen molar-refractivity contribution in [1.82, 2.24) is 10.4 Å². The van der Waals surface area contributed by atoms with Crippen LogP contribution in [-0.4, -0.2) is 47.9 Å². The number of rotatable bonds is 10. The number of carbonyl (C=O) groups is 1. The third kappa shape index (κ3) is 5.48. The monoisotopic (exact) mass is 410 g/mol. The fraction of sp³-hybridized carbons (Fsp3) is 0.375. The van der Waals surface area contributed by atoms with E-state index in [4.69, 9.17) is 9.94 Å². The second-order valence-corrected chi connectivity index (χ2v) is 7.50. The topological polar surface area (TPSA) is 82.0 Å². The molecule has 30 heavy (non-hydrogen) atoms. The van der Waals surface area contributed by atoms with Crippen LogP contribution in [0.3, 0.4) is 0 Å². The minimum Gasteiger partial charge on any atom is -0.496 e. The van der Waals surface area contributed by atoms with E-state index in [9.17, 15) is 9.90 Å². The molecule has 1 amide bonds. The Labute approximate surface area is 177 Å². The van der Waals surface area contributed by atoms with Crippen LogP contribution in [0.2, 0.25) is 0 Å². The number of benzene rings is 2. The normalized spacial score (nSPS) is 15.5. The third-order valence-electron chi connectivity index (χ3n) is 5.66. The minimum atomic E-state index is -0.542. The van der Waals surface area contributed by atoms with Crippen molar-refractivity contribution in [2.45, 2.75) is 31.7 Å². The molecule has 0 fully saturated rings. The highest BCUT2D eigenvalue weighted by Gasteiger charge is 2.27. The maximum atomic E-state index is 11.2. The van der Waals surface area contributed by atoms with Gasteiger partial charge in [-0.3, -0.25) is 14.9 Å². The molecule has 0 aliphatic heterocycles. The number of methoxy groups -OCH3 is 1. The first-order chi connectivity index (χ1) is 14.7. The van der Waals surface area contributed by atoms with Crippen molar-refractivity contribution in [3.8, 4) is 5.75 Å². The first kappa shape index (κ1) is 22.0. The average molecular weight is 411 g/mol. The van der Waals surface area contributed by atoms with Gasteiger partial charge in [0, 0.05) is 31.8 Å². The van der Waals surface area contributed by atoms with Gasteiger partial charge >= 0.3 is 0 Å². The van der Waals surface area contributed by atoms with E-state index in [1.807, 2.05) is 24.3 Å². The number of para-hydroxylation sites is 1. The summed E-state index contributed by atoms with van der Waals surface area (Å²) in [5.41, 5.74) is 6.34. The molecule has 160 valence electrons. The predicted octanol–water partition coefficient (Wildman–Crippen LogP) is 3.13. The summed E-state index contributed by atoms with van der Waals surface area (Å²) < 4.78 is 5.49. The lowest BCUT2D eigenvalue weighted by Gasteiger charge is -2.30. The Hall–Kier alpha value is -2.67. The quantitative estimate of drug-likeness (QED) is 0.319. The number of hydroxylamine groups is 1. The molecule has 0 heterocycles. The molecule has 0 saturated carbocycles. The van der Waals surface area contributed by atoms with E-state index in [1.54, 1.807) is 18.7 Å². The number of carbonyl (C=O) groups excluding carboxylic acids is 1. The molecule has 0 saturated heterocycles. The summed E-state index contributed by atoms with van der Waals surface area (Å²) in [5.74, 6) is 0.370. The van der Waals surface area contributed by atoms with Crippen LogP contribution in [-0.2, 0) is 17.6 Å². The SMILES string of the molecule is COc1ccccc1CCN(CCCO)C1CCc2cc(/C=C/C(=O)NO)ccc21. The first-order valence-electron chi connectivity index (χ1n) is 10.4. The molecule has 2 aromatic rings. The van der Waals surface area contributed by atoms with Crippen LogP contribution in [0.1, 0.15) is 41.1 Å². The van der Waals surface area contributed by atoms with Gasteiger partial charge in [-0.25, -0.2) is 5.48 Å². The van der Waals surface area contributed by atoms with Crippen molar-refractivity contribution < 1.29 is 19.8 Å². The minimum absolute atomic E-state index is 0.182. The number of hydrogen-bond donors (Lipinski definition) is 3. The second-order valence-electron chi connectivity index (χ2n) is 7.50. The van der Waals surface area contributed by atoms with Crippen LogP contribution in [0.4, 0.5) is 0 Å². The van der Waals surface area contributed by atoms with E-state index in [-0.39, 0.29) is 6.61 Å². The molecular formula is C24H30N2O4. The van der Waals surface area contributed by atoms with Crippen LogP contribution in [0, 0.1) is 0 Å². The fourth-order valence-electron chi connectivity index (χ4n) is 4.18. The number of amides is 1. The number of nitrogens with one attached hydrogen (secondary N) is 1. The molecule has 0 spiro atoms. The molecule has 1 unspecified atom stereocenters. The molecule has 0 aromatic heterocycles. The zero-order valence-corrected chi connectivity index (χ0v) is 17.4. The number of nitrogens with zero attached hydrogens (tertiary/aromatic N) is 1. The summed E-state index contributed by atoms with van der Waals surface area (Å²) in [4.78, 5) is 13.7. The standard InChI is InChI=1S/C24H30N2O4/c1-30-23-6-3-2-5-19(23)13-15-26(14-4-16-27)22-11-9-20-17-18(7-10-21(20)22)8-12-24(28)25-29/h2-3,5-8,10,12,17,22,27,29H,4,9,11,13-16H2,1H3,(H,25,28)/b12-8+. The van der Waals surface area contributed by atoms with E-state index < -0.39 is 5.91 Å². The number of aliphatic hydroxyl groups is 1. The van der Waals surface area contributed by atoms with Gasteiger partial charge in [0.25, 0.3) is 5.91 Å². The maximum Gasteiger partial charge on any atom is 0.267 e. The maximum absolute atomic E-state index is 11.2. The Morgan fingerprint density at radius 3 is 2.87 bits per heavy atom. The van der Waals surface area contributed by atoms with Crippen LogP contribution >= 0.6 is 0 Å². The Bertz CT molecular complexity index is 881. The Morgan fingerprint density at radius 2 is 2.10 bits per heavy atom. The zero-order valence-electron chi connectivity index (χ0n) is 17.4. The molecule has 1 atom stereocenters. The highest BCUT2D eigenvalue weighted by molar-refractivity contribution is 5.90. The number of aryl methyl sites for hydroxylation is 1. The molecule has 1 aliphatic carbocycles. The highest BCUT2D eigenvalue weighted by atomic mass is 16.5. The van der Waals surface area contributed by atoms with Crippen molar-refractivity contribution in [2.24, 2.45) is 0 Å². The Balaban J connectivity index is 1.74. The van der Waals surface area contributed by atoms with E-state index in [0.717, 1.165) is 50.1 Å². The molecule has 6 heteroatoms. The van der Waals surface area contributed by atoms with Crippen molar-refractivity contribution in [3.63, 3.8) is 0 Å². The highest BCUT2D eigenvalue weighted by Crippen LogP contribution is 2.37. The lowest BCUT2D eigenvalue weighted by atomic mass is 10.0. The lowest BCUT2D eigenvalue weighted by Crippen LogP contribution is -2.31. The average Bonchev–Trinajstić information content (AvgIpc) is 3.20. The molecule has 3 N–H and O–H groups in total. The van der Waals surface area contributed by atoms with Gasteiger partial charge in [0.15, 0.2) is 0 Å². The number of ether oxygens (including phenoxy) is 1. The number of fused-ring (bicyclic) bond motifs is 1. The van der Waals surface area contributed by atoms with Crippen LogP contribution < -0.4 is 10.2 Å². The van der Waals surface area contributed by atoms with Gasteiger partial charge in [-0.15, -0.1) is 0 Å². The van der Waals surface area contributed by atoms with Gasteiger partial charge in [-0.2, -0.15) is 0 Å². The Kier molecular flexibility index (Phi) is 8.02. The third-order valence-corrected chi connectivity index (χ3v) is 5.66. The largest absolute Gasteiger partial charge is 0.496 e. The van der Waals surface area contributed by atoms with Gasteiger partial charge in [-0.1, -0.05) is 36.4 Å². The van der Waals surface area contributed by atoms with Crippen molar-refractivity contribution >= 4 is 12.0 Å². The summed E-state index contributed by atoms with van der Waals surface area (Å²) in [6, 6.07) is 14.7. The van der Waals surface area contributed by atoms with Crippen LogP contribution in [0.25, 0.3) is 6.08 Å². The molecule has 3 rings (SSSR count). The summed E-state index contributed by atoms with van der Waals surface area (Å²) in [6.07, 6.45) is 6.67. The molecule has 2 aromatic carbocycles. The predicted molar refractivity (Wildman–Crippen MR) is 116 cm³/mol. The lowest BCUT2D eigenvalue weighted by molar-refractivity contribution is -0.124. The van der Waals surface area contributed by atoms with Crippen molar-refractivity contribution in [3.05, 3.63) is 70.8 Å². The first-order valence-corrected chi connectivity index (χ1v) is 10.4. The number of aliphatic hydroxyl groups excluding tert-OH is 1. The second kappa shape index (κ2) is 10.9. The van der Waals surface area contributed by atoms with Gasteiger partial charge in [0.2, 0.25) is 0 Å². The zero-order chi connectivity index (χ0) is 21.3. The van der Waals surface area contributed by atoms with Gasteiger partial charge in [0.1, 0.15) is 5.75 Å². The smallest absolute Gasteiger partial charge is 0.267 e. The van der Waals surface area contributed by atoms with Gasteiger partial charge in [-0.05, 0) is 60.1 Å². The summed E-state index contributed by atoms with van der Waals surface area (Å²) >= 11 is 0. The van der Waals surface area contributed by atoms with Crippen molar-refractivity contribution in [2.75, 3.05) is 26.8 Å². The molecule has 6 nitrogen and oxygen atoms in total. The van der Waals surface area contributed by atoms with E-state index in [0.29, 0.717) is 6.04 Å². The number of hydrogen-bond acceptors (Lipinski definition) is 5. The molecule has 0 bridgehead atoms. The van der Waals surface area contributed by atoms with Gasteiger partial charge in [0.05, 0.1) is 7.11 Å². The summed E-state index contributed by atoms with van der Waals surface area (Å²) in [6.45, 7) is 1.91. The van der Waals surface area contributed by atoms with Crippen LogP contribution in [0.5, 0.6) is 5.75 Å². The van der Waals surface area contributed by atoms with E-state index >= 15 is 0 Å². The Morgan fingerprint density at radius 1 is 1.27 bits per heavy atom. The van der Waals surface area contributed by atoms with Crippen molar-refractivity contribution in [1.29, 1.82) is 0 Å². The molecule has 0 radical (unpaired) electrons. The molecular weight excluding hydrogens is 380 g/mol. The van der Waals surface area contributed by atoms with E-state index in [2.05, 4.69) is 23.1 Å². The van der Waals surface area contributed by atoms with Gasteiger partial charge < -0.3 is 9.84 Å². The van der Waals surface area contributed by atoms with E-state index in [1.165, 1.54) is 22.8 Å². The van der Waals surface area contributed by atoms with Crippen LogP contribution in [0.15, 0.2) is 48.5 Å². The summed E-state index contributed by atoms with van der Waals surface area (Å²) in [7, 11) is 1.70. The fourth-order valence-corrected chi connectivity index (χ4v) is 4.18. The molecule has 1 aliphatic rings.